The van der Waals surface area contributed by atoms with Crippen molar-refractivity contribution in [3.05, 3.63) is 108 Å². The summed E-state index contributed by atoms with van der Waals surface area (Å²) >= 11 is 0. The quantitative estimate of drug-likeness (QED) is 0.364. The van der Waals surface area contributed by atoms with Gasteiger partial charge in [0.2, 0.25) is 0 Å². The van der Waals surface area contributed by atoms with Gasteiger partial charge in [-0.2, -0.15) is 0 Å². The van der Waals surface area contributed by atoms with E-state index < -0.39 is 0 Å². The molecule has 0 aromatic heterocycles. The average Bonchev–Trinajstić information content (AvgIpc) is 2.81. The lowest BCUT2D eigenvalue weighted by Crippen LogP contribution is -2.55. The molecular formula is C25H27N5. The lowest BCUT2D eigenvalue weighted by molar-refractivity contribution is 0.350. The van der Waals surface area contributed by atoms with Gasteiger partial charge < -0.3 is 11.1 Å². The molecule has 0 saturated carbocycles. The summed E-state index contributed by atoms with van der Waals surface area (Å²) in [5.41, 5.74) is 12.0. The first-order valence-electron chi connectivity index (χ1n) is 10.2. The highest BCUT2D eigenvalue weighted by molar-refractivity contribution is 5.81. The second-order valence-electron chi connectivity index (χ2n) is 7.25. The third kappa shape index (κ3) is 5.42. The van der Waals surface area contributed by atoms with Gasteiger partial charge in [0.1, 0.15) is 6.29 Å². The molecule has 1 aliphatic heterocycles. The molecule has 5 heteroatoms. The van der Waals surface area contributed by atoms with Crippen molar-refractivity contribution in [3.8, 4) is 11.1 Å². The van der Waals surface area contributed by atoms with Crippen LogP contribution >= 0.6 is 0 Å². The molecule has 1 aliphatic rings. The minimum atomic E-state index is -0.251. The van der Waals surface area contributed by atoms with Crippen LogP contribution in [0.1, 0.15) is 22.9 Å². The van der Waals surface area contributed by atoms with Crippen molar-refractivity contribution >= 4 is 6.21 Å². The second kappa shape index (κ2) is 9.98. The Hall–Kier alpha value is -3.25. The average molecular weight is 398 g/mol. The molecule has 0 saturated heterocycles. The Kier molecular flexibility index (Phi) is 6.67. The van der Waals surface area contributed by atoms with E-state index in [1.165, 1.54) is 11.1 Å². The van der Waals surface area contributed by atoms with Crippen molar-refractivity contribution in [2.24, 2.45) is 10.7 Å². The van der Waals surface area contributed by atoms with Crippen molar-refractivity contribution in [1.29, 1.82) is 0 Å². The smallest absolute Gasteiger partial charge is 0.133 e. The van der Waals surface area contributed by atoms with Gasteiger partial charge in [-0.15, -0.1) is 0 Å². The van der Waals surface area contributed by atoms with Crippen LogP contribution < -0.4 is 21.7 Å². The first-order chi connectivity index (χ1) is 14.8. The van der Waals surface area contributed by atoms with E-state index in [1.807, 2.05) is 36.7 Å². The number of hydrogen-bond donors (Lipinski definition) is 4. The molecule has 5 N–H and O–H groups in total. The fourth-order valence-corrected chi connectivity index (χ4v) is 3.34. The van der Waals surface area contributed by atoms with E-state index in [2.05, 4.69) is 81.6 Å². The van der Waals surface area contributed by atoms with Crippen LogP contribution in [0.2, 0.25) is 0 Å². The molecule has 152 valence electrons. The number of aliphatic imine (C=N–C) groups is 1. The van der Waals surface area contributed by atoms with Crippen LogP contribution in [0.5, 0.6) is 0 Å². The van der Waals surface area contributed by atoms with E-state index >= 15 is 0 Å². The van der Waals surface area contributed by atoms with Crippen LogP contribution in [-0.2, 0) is 6.54 Å². The molecule has 5 nitrogen and oxygen atoms in total. The van der Waals surface area contributed by atoms with E-state index in [0.29, 0.717) is 6.54 Å². The molecule has 0 radical (unpaired) electrons. The summed E-state index contributed by atoms with van der Waals surface area (Å²) in [6, 6.07) is 27.1. The van der Waals surface area contributed by atoms with Gasteiger partial charge in [0.25, 0.3) is 0 Å². The summed E-state index contributed by atoms with van der Waals surface area (Å²) < 4.78 is 0. The Morgan fingerprint density at radius 1 is 0.967 bits per heavy atom. The minimum absolute atomic E-state index is 0.0271. The predicted molar refractivity (Wildman–Crippen MR) is 124 cm³/mol. The molecule has 3 aromatic carbocycles. The third-order valence-corrected chi connectivity index (χ3v) is 5.04. The largest absolute Gasteiger partial charge is 0.364 e. The molecule has 30 heavy (non-hydrogen) atoms. The summed E-state index contributed by atoms with van der Waals surface area (Å²) in [6.07, 6.45) is 5.60. The van der Waals surface area contributed by atoms with Gasteiger partial charge in [-0.25, -0.2) is 0 Å². The van der Waals surface area contributed by atoms with Crippen molar-refractivity contribution in [1.82, 2.24) is 16.0 Å². The number of benzene rings is 3. The zero-order valence-electron chi connectivity index (χ0n) is 16.8. The van der Waals surface area contributed by atoms with E-state index in [-0.39, 0.29) is 12.5 Å². The van der Waals surface area contributed by atoms with E-state index in [9.17, 15) is 0 Å². The zero-order valence-corrected chi connectivity index (χ0v) is 16.8. The van der Waals surface area contributed by atoms with Gasteiger partial charge in [0, 0.05) is 12.8 Å². The molecule has 3 aromatic rings. The SMILES string of the molecule is NC(NC1NC=CCN1)c1ccc(-c2ccc(/C=N/Cc3ccccc3)cc2)cc1. The highest BCUT2D eigenvalue weighted by atomic mass is 15.3. The monoisotopic (exact) mass is 397 g/mol. The molecular weight excluding hydrogens is 370 g/mol. The van der Waals surface area contributed by atoms with Gasteiger partial charge in [-0.3, -0.25) is 15.6 Å². The summed E-state index contributed by atoms with van der Waals surface area (Å²) in [4.78, 5) is 4.53. The van der Waals surface area contributed by atoms with Crippen molar-refractivity contribution in [3.63, 3.8) is 0 Å². The van der Waals surface area contributed by atoms with Crippen LogP contribution in [0, 0.1) is 0 Å². The van der Waals surface area contributed by atoms with E-state index in [1.54, 1.807) is 0 Å². The molecule has 1 heterocycles. The van der Waals surface area contributed by atoms with Crippen LogP contribution in [-0.4, -0.2) is 19.0 Å². The van der Waals surface area contributed by atoms with E-state index in [4.69, 9.17) is 5.73 Å². The molecule has 2 atom stereocenters. The number of nitrogens with two attached hydrogens (primary N) is 1. The highest BCUT2D eigenvalue weighted by Crippen LogP contribution is 2.21. The Bertz CT molecular complexity index is 978. The zero-order chi connectivity index (χ0) is 20.6. The number of hydrogen-bond acceptors (Lipinski definition) is 5. The molecule has 4 rings (SSSR count). The van der Waals surface area contributed by atoms with Crippen molar-refractivity contribution in [2.45, 2.75) is 19.0 Å². The predicted octanol–water partition coefficient (Wildman–Crippen LogP) is 3.51. The van der Waals surface area contributed by atoms with Gasteiger partial charge in [-0.05, 0) is 34.0 Å². The highest BCUT2D eigenvalue weighted by Gasteiger charge is 2.13. The lowest BCUT2D eigenvalue weighted by atomic mass is 10.0. The number of nitrogens with one attached hydrogen (secondary N) is 3. The van der Waals surface area contributed by atoms with E-state index in [0.717, 1.165) is 23.2 Å². The molecule has 0 amide bonds. The maximum atomic E-state index is 6.29. The Labute approximate surface area is 177 Å². The lowest BCUT2D eigenvalue weighted by Gasteiger charge is -2.26. The van der Waals surface area contributed by atoms with Crippen LogP contribution in [0.25, 0.3) is 11.1 Å². The molecule has 0 spiro atoms. The standard InChI is InChI=1S/C25H27N5/c26-24(30-25-28-15-4-16-29-25)23-13-11-22(12-14-23)21-9-7-20(8-10-21)18-27-17-19-5-2-1-3-6-19/h1-15,18,24-25,28-30H,16-17,26H2/b27-18+. The molecule has 0 bridgehead atoms. The van der Waals surface area contributed by atoms with Crippen molar-refractivity contribution < 1.29 is 0 Å². The topological polar surface area (TPSA) is 74.5 Å². The number of rotatable bonds is 7. The summed E-state index contributed by atoms with van der Waals surface area (Å²) in [7, 11) is 0. The first kappa shape index (κ1) is 20.0. The van der Waals surface area contributed by atoms with Gasteiger partial charge >= 0.3 is 0 Å². The fraction of sp³-hybridized carbons (Fsp3) is 0.160. The van der Waals surface area contributed by atoms with Gasteiger partial charge in [0.15, 0.2) is 0 Å². The maximum Gasteiger partial charge on any atom is 0.133 e. The Balaban J connectivity index is 1.35. The van der Waals surface area contributed by atoms with Crippen molar-refractivity contribution in [2.75, 3.05) is 6.54 Å². The molecule has 0 aliphatic carbocycles. The summed E-state index contributed by atoms with van der Waals surface area (Å²) in [5.74, 6) is 0. The van der Waals surface area contributed by atoms with Crippen LogP contribution in [0.4, 0.5) is 0 Å². The Morgan fingerprint density at radius 3 is 2.33 bits per heavy atom. The molecule has 0 fully saturated rings. The Morgan fingerprint density at radius 2 is 1.67 bits per heavy atom. The fourth-order valence-electron chi connectivity index (χ4n) is 3.34. The first-order valence-corrected chi connectivity index (χ1v) is 10.2. The summed E-state index contributed by atoms with van der Waals surface area (Å²) in [5, 5.41) is 9.80. The summed E-state index contributed by atoms with van der Waals surface area (Å²) in [6.45, 7) is 1.52. The minimum Gasteiger partial charge on any atom is -0.364 e. The maximum absolute atomic E-state index is 6.29. The van der Waals surface area contributed by atoms with Crippen LogP contribution in [0.3, 0.4) is 0 Å². The third-order valence-electron chi connectivity index (χ3n) is 5.04. The molecule has 2 unspecified atom stereocenters. The second-order valence-corrected chi connectivity index (χ2v) is 7.25. The van der Waals surface area contributed by atoms with Gasteiger partial charge in [-0.1, -0.05) is 84.9 Å². The van der Waals surface area contributed by atoms with Gasteiger partial charge in [0.05, 0.1) is 12.7 Å². The number of nitrogens with zero attached hydrogens (tertiary/aromatic N) is 1. The normalized spacial score (nSPS) is 17.0. The van der Waals surface area contributed by atoms with Crippen LogP contribution in [0.15, 0.2) is 96.1 Å².